The Balaban J connectivity index is 1.95. The van der Waals surface area contributed by atoms with Gasteiger partial charge in [-0.2, -0.15) is 0 Å². The number of hydrogen-bond donors (Lipinski definition) is 2. The number of hydrogen-bond acceptors (Lipinski definition) is 4. The van der Waals surface area contributed by atoms with Crippen molar-refractivity contribution in [3.8, 4) is 0 Å². The Hall–Kier alpha value is -2.63. The fourth-order valence-corrected chi connectivity index (χ4v) is 1.97. The van der Waals surface area contributed by atoms with Crippen LogP contribution in [0.2, 0.25) is 0 Å². The fraction of sp³-hybridized carbons (Fsp3) is 0.267. The third-order valence-corrected chi connectivity index (χ3v) is 3.09. The van der Waals surface area contributed by atoms with E-state index in [0.29, 0.717) is 12.1 Å². The number of benzene rings is 1. The molecule has 0 aliphatic carbocycles. The number of carboxylic acid groups (broad SMARTS) is 1. The number of carboxylic acids is 1. The summed E-state index contributed by atoms with van der Waals surface area (Å²) < 4.78 is 0. The summed E-state index contributed by atoms with van der Waals surface area (Å²) in [5.41, 5.74) is 1.56. The van der Waals surface area contributed by atoms with Crippen molar-refractivity contribution >= 4 is 17.6 Å². The molecule has 6 heteroatoms. The van der Waals surface area contributed by atoms with Gasteiger partial charge in [-0.1, -0.05) is 41.6 Å². The SMILES string of the molecule is C=CCC(NC(=O)C1CC(c2ccccc2)=NO1)C(=O)O. The average molecular weight is 288 g/mol. The summed E-state index contributed by atoms with van der Waals surface area (Å²) >= 11 is 0. The van der Waals surface area contributed by atoms with Gasteiger partial charge in [-0.25, -0.2) is 4.79 Å². The highest BCUT2D eigenvalue weighted by Crippen LogP contribution is 2.16. The van der Waals surface area contributed by atoms with E-state index in [1.807, 2.05) is 30.3 Å². The second kappa shape index (κ2) is 6.69. The van der Waals surface area contributed by atoms with Gasteiger partial charge in [0, 0.05) is 6.42 Å². The maximum absolute atomic E-state index is 12.0. The molecular formula is C15H16N2O4. The molecule has 110 valence electrons. The first-order chi connectivity index (χ1) is 10.1. The van der Waals surface area contributed by atoms with Crippen LogP contribution >= 0.6 is 0 Å². The Kier molecular flexibility index (Phi) is 4.71. The summed E-state index contributed by atoms with van der Waals surface area (Å²) in [6, 6.07) is 8.38. The molecule has 2 N–H and O–H groups in total. The van der Waals surface area contributed by atoms with E-state index in [1.54, 1.807) is 0 Å². The topological polar surface area (TPSA) is 88.0 Å². The van der Waals surface area contributed by atoms with Gasteiger partial charge in [-0.05, 0) is 12.0 Å². The zero-order valence-electron chi connectivity index (χ0n) is 11.4. The fourth-order valence-electron chi connectivity index (χ4n) is 1.97. The van der Waals surface area contributed by atoms with E-state index in [1.165, 1.54) is 6.08 Å². The lowest BCUT2D eigenvalue weighted by atomic mass is 10.0. The van der Waals surface area contributed by atoms with Crippen LogP contribution in [0.15, 0.2) is 48.1 Å². The Morgan fingerprint density at radius 3 is 2.81 bits per heavy atom. The zero-order valence-corrected chi connectivity index (χ0v) is 11.4. The minimum atomic E-state index is -1.11. The van der Waals surface area contributed by atoms with Crippen molar-refractivity contribution in [3.63, 3.8) is 0 Å². The minimum absolute atomic E-state index is 0.153. The molecule has 0 aromatic heterocycles. The van der Waals surface area contributed by atoms with Gasteiger partial charge < -0.3 is 15.3 Å². The third kappa shape index (κ3) is 3.68. The summed E-state index contributed by atoms with van der Waals surface area (Å²) in [7, 11) is 0. The number of carbonyl (C=O) groups is 2. The number of rotatable bonds is 6. The number of carbonyl (C=O) groups excluding carboxylic acids is 1. The van der Waals surface area contributed by atoms with Crippen LogP contribution in [0.4, 0.5) is 0 Å². The highest BCUT2D eigenvalue weighted by Gasteiger charge is 2.31. The molecule has 0 saturated carbocycles. The highest BCUT2D eigenvalue weighted by atomic mass is 16.6. The van der Waals surface area contributed by atoms with Gasteiger partial charge in [0.1, 0.15) is 6.04 Å². The number of amides is 1. The van der Waals surface area contributed by atoms with E-state index < -0.39 is 24.0 Å². The maximum atomic E-state index is 12.0. The van der Waals surface area contributed by atoms with E-state index in [2.05, 4.69) is 17.1 Å². The second-order valence-corrected chi connectivity index (χ2v) is 4.63. The number of oxime groups is 1. The minimum Gasteiger partial charge on any atom is -0.480 e. The molecule has 0 bridgehead atoms. The molecule has 1 amide bonds. The molecule has 0 spiro atoms. The quantitative estimate of drug-likeness (QED) is 0.773. The highest BCUT2D eigenvalue weighted by molar-refractivity contribution is 6.04. The Bertz CT molecular complexity index is 568. The summed E-state index contributed by atoms with van der Waals surface area (Å²) in [5, 5.41) is 15.3. The first-order valence-electron chi connectivity index (χ1n) is 6.54. The molecule has 1 heterocycles. The molecule has 1 aliphatic heterocycles. The molecule has 21 heavy (non-hydrogen) atoms. The van der Waals surface area contributed by atoms with Gasteiger partial charge in [0.15, 0.2) is 0 Å². The van der Waals surface area contributed by atoms with Gasteiger partial charge in [0.05, 0.1) is 5.71 Å². The Morgan fingerprint density at radius 1 is 1.48 bits per heavy atom. The van der Waals surface area contributed by atoms with Crippen LogP contribution in [0.5, 0.6) is 0 Å². The largest absolute Gasteiger partial charge is 0.480 e. The lowest BCUT2D eigenvalue weighted by Crippen LogP contribution is -2.45. The average Bonchev–Trinajstić information content (AvgIpc) is 2.97. The summed E-state index contributed by atoms with van der Waals surface area (Å²) in [4.78, 5) is 28.1. The maximum Gasteiger partial charge on any atom is 0.326 e. The summed E-state index contributed by atoms with van der Waals surface area (Å²) in [5.74, 6) is -1.59. The molecule has 2 unspecified atom stereocenters. The van der Waals surface area contributed by atoms with E-state index in [9.17, 15) is 9.59 Å². The van der Waals surface area contributed by atoms with Crippen molar-refractivity contribution in [3.05, 3.63) is 48.6 Å². The lowest BCUT2D eigenvalue weighted by Gasteiger charge is -2.14. The summed E-state index contributed by atoms with van der Waals surface area (Å²) in [6.07, 6.45) is 1.11. The molecule has 0 fully saturated rings. The molecule has 2 rings (SSSR count). The van der Waals surface area contributed by atoms with Crippen molar-refractivity contribution in [1.82, 2.24) is 5.32 Å². The van der Waals surface area contributed by atoms with Crippen LogP contribution < -0.4 is 5.32 Å². The summed E-state index contributed by atoms with van der Waals surface area (Å²) in [6.45, 7) is 3.47. The molecular weight excluding hydrogens is 272 g/mol. The zero-order chi connectivity index (χ0) is 15.2. The van der Waals surface area contributed by atoms with Gasteiger partial charge in [-0.15, -0.1) is 6.58 Å². The standard InChI is InChI=1S/C15H16N2O4/c1-2-6-11(15(19)20)16-14(18)13-9-12(17-21-13)10-7-4-3-5-8-10/h2-5,7-8,11,13H,1,6,9H2,(H,16,18)(H,19,20). The van der Waals surface area contributed by atoms with E-state index in [0.717, 1.165) is 5.56 Å². The van der Waals surface area contributed by atoms with E-state index >= 15 is 0 Å². The van der Waals surface area contributed by atoms with Crippen molar-refractivity contribution in [2.75, 3.05) is 0 Å². The smallest absolute Gasteiger partial charge is 0.326 e. The van der Waals surface area contributed by atoms with Crippen LogP contribution in [0.1, 0.15) is 18.4 Å². The van der Waals surface area contributed by atoms with Crippen LogP contribution in [0.3, 0.4) is 0 Å². The predicted octanol–water partition coefficient (Wildman–Crippen LogP) is 1.33. The molecule has 0 saturated heterocycles. The molecule has 1 aliphatic rings. The molecule has 1 aromatic rings. The monoisotopic (exact) mass is 288 g/mol. The number of nitrogens with one attached hydrogen (secondary N) is 1. The lowest BCUT2D eigenvalue weighted by molar-refractivity contribution is -0.143. The van der Waals surface area contributed by atoms with E-state index in [4.69, 9.17) is 9.94 Å². The molecule has 6 nitrogen and oxygen atoms in total. The van der Waals surface area contributed by atoms with Gasteiger partial charge in [0.25, 0.3) is 5.91 Å². The Labute approximate surface area is 122 Å². The van der Waals surface area contributed by atoms with Crippen molar-refractivity contribution in [2.45, 2.75) is 25.0 Å². The molecule has 2 atom stereocenters. The molecule has 0 radical (unpaired) electrons. The van der Waals surface area contributed by atoms with Crippen molar-refractivity contribution in [2.24, 2.45) is 5.16 Å². The number of nitrogens with zero attached hydrogens (tertiary/aromatic N) is 1. The third-order valence-electron chi connectivity index (χ3n) is 3.09. The van der Waals surface area contributed by atoms with Gasteiger partial charge in [-0.3, -0.25) is 4.79 Å². The van der Waals surface area contributed by atoms with Gasteiger partial charge in [0.2, 0.25) is 6.10 Å². The second-order valence-electron chi connectivity index (χ2n) is 4.63. The van der Waals surface area contributed by atoms with Crippen LogP contribution in [-0.4, -0.2) is 34.8 Å². The predicted molar refractivity (Wildman–Crippen MR) is 76.8 cm³/mol. The number of aliphatic carboxylic acids is 1. The van der Waals surface area contributed by atoms with Crippen molar-refractivity contribution in [1.29, 1.82) is 0 Å². The Morgan fingerprint density at radius 2 is 2.19 bits per heavy atom. The first-order valence-corrected chi connectivity index (χ1v) is 6.54. The van der Waals surface area contributed by atoms with Crippen LogP contribution in [-0.2, 0) is 14.4 Å². The van der Waals surface area contributed by atoms with Gasteiger partial charge >= 0.3 is 5.97 Å². The van der Waals surface area contributed by atoms with Crippen LogP contribution in [0, 0.1) is 0 Å². The normalized spacial score (nSPS) is 18.3. The van der Waals surface area contributed by atoms with E-state index in [-0.39, 0.29) is 6.42 Å². The van der Waals surface area contributed by atoms with Crippen molar-refractivity contribution < 1.29 is 19.5 Å². The first kappa shape index (κ1) is 14.8. The molecule has 1 aromatic carbocycles. The van der Waals surface area contributed by atoms with Crippen LogP contribution in [0.25, 0.3) is 0 Å².